The summed E-state index contributed by atoms with van der Waals surface area (Å²) in [6.07, 6.45) is -1.99. The van der Waals surface area contributed by atoms with Crippen LogP contribution in [0, 0.1) is 17.6 Å². The molecular weight excluding hydrogens is 368 g/mol. The van der Waals surface area contributed by atoms with E-state index < -0.39 is 41.8 Å². The number of halogens is 2. The van der Waals surface area contributed by atoms with Crippen LogP contribution in [0.25, 0.3) is 0 Å². The number of hydrogen-bond acceptors (Lipinski definition) is 3. The van der Waals surface area contributed by atoms with Gasteiger partial charge in [0.2, 0.25) is 0 Å². The summed E-state index contributed by atoms with van der Waals surface area (Å²) >= 11 is 0. The van der Waals surface area contributed by atoms with E-state index in [2.05, 4.69) is 5.32 Å². The maximum atomic E-state index is 14.0. The highest BCUT2D eigenvalue weighted by molar-refractivity contribution is 5.84. The first-order valence-electron chi connectivity index (χ1n) is 8.84. The normalized spacial score (nSPS) is 14.2. The van der Waals surface area contributed by atoms with E-state index in [0.717, 1.165) is 11.6 Å². The number of aliphatic carboxylic acids is 1. The number of alkyl carbamates (subject to hydrolysis) is 1. The van der Waals surface area contributed by atoms with Gasteiger partial charge in [0.1, 0.15) is 11.6 Å². The number of ether oxygens (including phenoxy) is 1. The minimum Gasteiger partial charge on any atom is -0.480 e. The van der Waals surface area contributed by atoms with Crippen LogP contribution in [0.1, 0.15) is 38.0 Å². The van der Waals surface area contributed by atoms with Crippen molar-refractivity contribution in [2.24, 2.45) is 5.92 Å². The van der Waals surface area contributed by atoms with Crippen molar-refractivity contribution in [2.45, 2.75) is 38.8 Å². The van der Waals surface area contributed by atoms with Crippen LogP contribution in [0.3, 0.4) is 0 Å². The third-order valence-corrected chi connectivity index (χ3v) is 4.39. The number of amides is 1. The molecule has 0 saturated carbocycles. The Hall–Kier alpha value is -2.96. The Kier molecular flexibility index (Phi) is 6.72. The van der Waals surface area contributed by atoms with Gasteiger partial charge in [0, 0.05) is 6.42 Å². The molecule has 7 heteroatoms. The van der Waals surface area contributed by atoms with Gasteiger partial charge in [-0.1, -0.05) is 56.3 Å². The third kappa shape index (κ3) is 5.06. The molecule has 0 aromatic heterocycles. The quantitative estimate of drug-likeness (QED) is 0.730. The zero-order valence-corrected chi connectivity index (χ0v) is 15.9. The summed E-state index contributed by atoms with van der Waals surface area (Å²) in [6.45, 7) is 4.95. The van der Waals surface area contributed by atoms with Crippen LogP contribution < -0.4 is 5.32 Å². The fourth-order valence-corrected chi connectivity index (χ4v) is 2.84. The molecule has 0 spiro atoms. The van der Waals surface area contributed by atoms with Crippen LogP contribution in [-0.4, -0.2) is 22.7 Å². The number of nitrogens with one attached hydrogen (secondary N) is 1. The van der Waals surface area contributed by atoms with Crippen molar-refractivity contribution in [2.75, 3.05) is 0 Å². The summed E-state index contributed by atoms with van der Waals surface area (Å²) in [5, 5.41) is 11.9. The number of carbonyl (C=O) groups is 2. The van der Waals surface area contributed by atoms with Gasteiger partial charge in [0.05, 0.1) is 0 Å². The van der Waals surface area contributed by atoms with Crippen LogP contribution in [0.15, 0.2) is 48.5 Å². The number of hydrogen-bond donors (Lipinski definition) is 2. The van der Waals surface area contributed by atoms with Crippen molar-refractivity contribution in [3.05, 3.63) is 71.3 Å². The SMILES string of the molecule is CC(C)[C@H](OC(=O)N[C@@](C)(Cc1cccc(F)c1F)C(=O)O)c1ccccc1. The summed E-state index contributed by atoms with van der Waals surface area (Å²) in [6, 6.07) is 12.5. The molecule has 2 N–H and O–H groups in total. The minimum absolute atomic E-state index is 0.0649. The molecule has 0 bridgehead atoms. The lowest BCUT2D eigenvalue weighted by Crippen LogP contribution is -2.54. The van der Waals surface area contributed by atoms with E-state index in [9.17, 15) is 23.5 Å². The van der Waals surface area contributed by atoms with Crippen molar-refractivity contribution >= 4 is 12.1 Å². The third-order valence-electron chi connectivity index (χ3n) is 4.39. The first kappa shape index (κ1) is 21.3. The lowest BCUT2D eigenvalue weighted by atomic mass is 9.92. The van der Waals surface area contributed by atoms with Crippen molar-refractivity contribution in [1.82, 2.24) is 5.32 Å². The van der Waals surface area contributed by atoms with Gasteiger partial charge in [-0.15, -0.1) is 0 Å². The van der Waals surface area contributed by atoms with Crippen LogP contribution in [0.2, 0.25) is 0 Å². The second kappa shape index (κ2) is 8.82. The molecule has 0 aliphatic heterocycles. The molecule has 2 aromatic carbocycles. The first-order valence-corrected chi connectivity index (χ1v) is 8.84. The lowest BCUT2D eigenvalue weighted by molar-refractivity contribution is -0.144. The van der Waals surface area contributed by atoms with Crippen LogP contribution in [-0.2, 0) is 16.0 Å². The molecule has 5 nitrogen and oxygen atoms in total. The lowest BCUT2D eigenvalue weighted by Gasteiger charge is -2.28. The largest absolute Gasteiger partial charge is 0.480 e. The van der Waals surface area contributed by atoms with E-state index in [0.29, 0.717) is 0 Å². The molecule has 0 heterocycles. The first-order chi connectivity index (χ1) is 13.1. The van der Waals surface area contributed by atoms with Gasteiger partial charge in [0.25, 0.3) is 0 Å². The topological polar surface area (TPSA) is 75.6 Å². The molecule has 0 fully saturated rings. The molecule has 0 saturated heterocycles. The van der Waals surface area contributed by atoms with Crippen molar-refractivity contribution in [1.29, 1.82) is 0 Å². The summed E-state index contributed by atoms with van der Waals surface area (Å²) in [5.74, 6) is -3.69. The Morgan fingerprint density at radius 3 is 2.32 bits per heavy atom. The van der Waals surface area contributed by atoms with Crippen molar-refractivity contribution in [3.8, 4) is 0 Å². The Morgan fingerprint density at radius 1 is 1.11 bits per heavy atom. The standard InChI is InChI=1S/C21H23F2NO4/c1-13(2)18(14-8-5-4-6-9-14)28-20(27)24-21(3,19(25)26)12-15-10-7-11-16(22)17(15)23/h4-11,13,18H,12H2,1-3H3,(H,24,27)(H,25,26)/t18-,21-/m0/s1. The molecule has 0 unspecified atom stereocenters. The van der Waals surface area contributed by atoms with Gasteiger partial charge in [-0.05, 0) is 30.0 Å². The average Bonchev–Trinajstić information content (AvgIpc) is 2.64. The van der Waals surface area contributed by atoms with E-state index >= 15 is 0 Å². The number of carboxylic acids is 1. The van der Waals surface area contributed by atoms with Crippen LogP contribution in [0.5, 0.6) is 0 Å². The molecule has 2 atom stereocenters. The predicted molar refractivity (Wildman–Crippen MR) is 99.7 cm³/mol. The van der Waals surface area contributed by atoms with Crippen molar-refractivity contribution in [3.63, 3.8) is 0 Å². The highest BCUT2D eigenvalue weighted by Gasteiger charge is 2.37. The van der Waals surface area contributed by atoms with E-state index in [4.69, 9.17) is 4.74 Å². The predicted octanol–water partition coefficient (Wildman–Crippen LogP) is 4.47. The summed E-state index contributed by atoms with van der Waals surface area (Å²) in [5.41, 5.74) is -1.28. The molecule has 1 amide bonds. The maximum absolute atomic E-state index is 14.0. The van der Waals surface area contributed by atoms with Gasteiger partial charge in [-0.25, -0.2) is 18.4 Å². The zero-order chi connectivity index (χ0) is 20.9. The van der Waals surface area contributed by atoms with Gasteiger partial charge in [-0.2, -0.15) is 0 Å². The Labute approximate surface area is 162 Å². The summed E-state index contributed by atoms with van der Waals surface area (Å²) in [7, 11) is 0. The Balaban J connectivity index is 2.19. The number of benzene rings is 2. The van der Waals surface area contributed by atoms with E-state index in [1.807, 2.05) is 19.9 Å². The van der Waals surface area contributed by atoms with E-state index in [-0.39, 0.29) is 11.5 Å². The molecule has 2 rings (SSSR count). The fourth-order valence-electron chi connectivity index (χ4n) is 2.84. The van der Waals surface area contributed by atoms with Gasteiger partial charge >= 0.3 is 12.1 Å². The van der Waals surface area contributed by atoms with E-state index in [1.165, 1.54) is 19.1 Å². The second-order valence-electron chi connectivity index (χ2n) is 7.13. The molecule has 2 aromatic rings. The Bertz CT molecular complexity index is 842. The fraction of sp³-hybridized carbons (Fsp3) is 0.333. The number of rotatable bonds is 7. The molecule has 28 heavy (non-hydrogen) atoms. The highest BCUT2D eigenvalue weighted by Crippen LogP contribution is 2.26. The smallest absolute Gasteiger partial charge is 0.408 e. The molecule has 0 radical (unpaired) electrons. The van der Waals surface area contributed by atoms with Gasteiger partial charge in [0.15, 0.2) is 11.6 Å². The monoisotopic (exact) mass is 391 g/mol. The molecular formula is C21H23F2NO4. The van der Waals surface area contributed by atoms with Gasteiger partial charge in [-0.3, -0.25) is 0 Å². The molecule has 150 valence electrons. The summed E-state index contributed by atoms with van der Waals surface area (Å²) < 4.78 is 32.8. The average molecular weight is 391 g/mol. The maximum Gasteiger partial charge on any atom is 0.408 e. The minimum atomic E-state index is -1.88. The van der Waals surface area contributed by atoms with Crippen LogP contribution in [0.4, 0.5) is 13.6 Å². The zero-order valence-electron chi connectivity index (χ0n) is 15.9. The number of carboxylic acid groups (broad SMARTS) is 1. The van der Waals surface area contributed by atoms with Crippen molar-refractivity contribution < 1.29 is 28.2 Å². The highest BCUT2D eigenvalue weighted by atomic mass is 19.2. The van der Waals surface area contributed by atoms with Gasteiger partial charge < -0.3 is 15.2 Å². The second-order valence-corrected chi connectivity index (χ2v) is 7.13. The number of carbonyl (C=O) groups excluding carboxylic acids is 1. The Morgan fingerprint density at radius 2 is 1.75 bits per heavy atom. The van der Waals surface area contributed by atoms with Crippen LogP contribution >= 0.6 is 0 Å². The summed E-state index contributed by atoms with van der Waals surface area (Å²) in [4.78, 5) is 24.2. The van der Waals surface area contributed by atoms with E-state index in [1.54, 1.807) is 24.3 Å². The molecule has 0 aliphatic carbocycles. The molecule has 0 aliphatic rings.